The van der Waals surface area contributed by atoms with Crippen LogP contribution in [0.4, 0.5) is 0 Å². The van der Waals surface area contributed by atoms with Crippen LogP contribution in [-0.4, -0.2) is 10.2 Å². The lowest BCUT2D eigenvalue weighted by molar-refractivity contribution is 0.452. The summed E-state index contributed by atoms with van der Waals surface area (Å²) in [5.41, 5.74) is 1.39. The van der Waals surface area contributed by atoms with Gasteiger partial charge in [-0.05, 0) is 25.0 Å². The maximum atomic E-state index is 10.1. The summed E-state index contributed by atoms with van der Waals surface area (Å²) < 4.78 is 0. The van der Waals surface area contributed by atoms with Crippen molar-refractivity contribution in [1.29, 1.82) is 0 Å². The molecule has 0 heterocycles. The molecule has 0 aliphatic heterocycles. The fraction of sp³-hybridized carbons (Fsp3) is 0.200. The molecule has 0 aromatic heterocycles. The predicted octanol–water partition coefficient (Wildman–Crippen LogP) is 3.83. The van der Waals surface area contributed by atoms with Crippen molar-refractivity contribution in [3.8, 4) is 11.5 Å². The summed E-state index contributed by atoms with van der Waals surface area (Å²) in [6, 6.07) is 12.7. The third kappa shape index (κ3) is 1.57. The Labute approximate surface area is 110 Å². The van der Waals surface area contributed by atoms with E-state index in [1.807, 2.05) is 24.3 Å². The molecular formula is C15H13ClO2. The highest BCUT2D eigenvalue weighted by molar-refractivity contribution is 6.32. The first-order valence-corrected chi connectivity index (χ1v) is 6.29. The van der Waals surface area contributed by atoms with Crippen LogP contribution in [0.3, 0.4) is 0 Å². The van der Waals surface area contributed by atoms with Crippen LogP contribution in [0.1, 0.15) is 24.0 Å². The Morgan fingerprint density at radius 3 is 2.22 bits per heavy atom. The molecule has 2 nitrogen and oxygen atoms in total. The Bertz CT molecular complexity index is 603. The molecule has 0 amide bonds. The summed E-state index contributed by atoms with van der Waals surface area (Å²) in [4.78, 5) is 0. The summed E-state index contributed by atoms with van der Waals surface area (Å²) in [5, 5.41) is 20.5. The van der Waals surface area contributed by atoms with Gasteiger partial charge in [-0.3, -0.25) is 0 Å². The molecular weight excluding hydrogens is 248 g/mol. The summed E-state index contributed by atoms with van der Waals surface area (Å²) in [5.74, 6) is 0.397. The molecule has 0 radical (unpaired) electrons. The Balaban J connectivity index is 2.17. The Morgan fingerprint density at radius 2 is 1.56 bits per heavy atom. The summed E-state index contributed by atoms with van der Waals surface area (Å²) in [6.07, 6.45) is 1.83. The monoisotopic (exact) mass is 260 g/mol. The fourth-order valence-electron chi connectivity index (χ4n) is 2.59. The number of para-hydroxylation sites is 2. The van der Waals surface area contributed by atoms with Crippen LogP contribution >= 0.6 is 11.6 Å². The molecule has 0 atom stereocenters. The van der Waals surface area contributed by atoms with E-state index in [1.165, 1.54) is 0 Å². The van der Waals surface area contributed by atoms with Crippen LogP contribution < -0.4 is 0 Å². The first-order chi connectivity index (χ1) is 8.65. The highest BCUT2D eigenvalue weighted by Crippen LogP contribution is 2.58. The standard InChI is InChI=1S/C15H13ClO2/c16-12-6-3-5-11(14(12)18)15(8-9-15)10-4-1-2-7-13(10)17/h1-7,17-18H,8-9H2. The molecule has 1 saturated carbocycles. The van der Waals surface area contributed by atoms with Crippen molar-refractivity contribution < 1.29 is 10.2 Å². The smallest absolute Gasteiger partial charge is 0.138 e. The van der Waals surface area contributed by atoms with E-state index in [2.05, 4.69) is 0 Å². The molecule has 0 saturated heterocycles. The van der Waals surface area contributed by atoms with Crippen molar-refractivity contribution in [1.82, 2.24) is 0 Å². The minimum Gasteiger partial charge on any atom is -0.508 e. The molecule has 0 unspecified atom stereocenters. The van der Waals surface area contributed by atoms with E-state index >= 15 is 0 Å². The first-order valence-electron chi connectivity index (χ1n) is 5.91. The number of halogens is 1. The van der Waals surface area contributed by atoms with E-state index < -0.39 is 0 Å². The van der Waals surface area contributed by atoms with Gasteiger partial charge in [0.2, 0.25) is 0 Å². The van der Waals surface area contributed by atoms with E-state index in [1.54, 1.807) is 18.2 Å². The number of phenols is 2. The van der Waals surface area contributed by atoms with Gasteiger partial charge >= 0.3 is 0 Å². The van der Waals surface area contributed by atoms with Crippen molar-refractivity contribution in [3.63, 3.8) is 0 Å². The van der Waals surface area contributed by atoms with Gasteiger partial charge in [-0.15, -0.1) is 0 Å². The van der Waals surface area contributed by atoms with Crippen LogP contribution in [-0.2, 0) is 5.41 Å². The number of phenolic OH excluding ortho intramolecular Hbond substituents is 2. The van der Waals surface area contributed by atoms with Crippen LogP contribution in [0.25, 0.3) is 0 Å². The van der Waals surface area contributed by atoms with Gasteiger partial charge in [0.05, 0.1) is 5.02 Å². The molecule has 92 valence electrons. The molecule has 2 N–H and O–H groups in total. The zero-order valence-corrected chi connectivity index (χ0v) is 10.5. The predicted molar refractivity (Wildman–Crippen MR) is 71.2 cm³/mol. The zero-order chi connectivity index (χ0) is 12.8. The van der Waals surface area contributed by atoms with Gasteiger partial charge in [-0.25, -0.2) is 0 Å². The molecule has 1 aliphatic carbocycles. The van der Waals surface area contributed by atoms with Gasteiger partial charge in [0.15, 0.2) is 0 Å². The van der Waals surface area contributed by atoms with E-state index in [9.17, 15) is 10.2 Å². The molecule has 0 spiro atoms. The van der Waals surface area contributed by atoms with Crippen LogP contribution in [0, 0.1) is 0 Å². The number of hydrogen-bond donors (Lipinski definition) is 2. The molecule has 1 fully saturated rings. The van der Waals surface area contributed by atoms with Gasteiger partial charge < -0.3 is 10.2 Å². The van der Waals surface area contributed by atoms with Crippen molar-refractivity contribution in [2.24, 2.45) is 0 Å². The normalized spacial score (nSPS) is 16.5. The lowest BCUT2D eigenvalue weighted by Gasteiger charge is -2.19. The lowest BCUT2D eigenvalue weighted by atomic mass is 9.87. The average Bonchev–Trinajstić information content (AvgIpc) is 3.14. The molecule has 18 heavy (non-hydrogen) atoms. The highest BCUT2D eigenvalue weighted by Gasteiger charge is 2.49. The van der Waals surface area contributed by atoms with E-state index in [0.29, 0.717) is 5.02 Å². The molecule has 3 rings (SSSR count). The topological polar surface area (TPSA) is 40.5 Å². The fourth-order valence-corrected chi connectivity index (χ4v) is 2.76. The SMILES string of the molecule is Oc1ccccc1C1(c2cccc(Cl)c2O)CC1. The van der Waals surface area contributed by atoms with Crippen molar-refractivity contribution >= 4 is 11.6 Å². The minimum absolute atomic E-state index is 0.125. The van der Waals surface area contributed by atoms with Crippen molar-refractivity contribution in [2.45, 2.75) is 18.3 Å². The second kappa shape index (κ2) is 3.92. The van der Waals surface area contributed by atoms with Crippen molar-refractivity contribution in [3.05, 3.63) is 58.6 Å². The number of hydrogen-bond acceptors (Lipinski definition) is 2. The molecule has 3 heteroatoms. The zero-order valence-electron chi connectivity index (χ0n) is 9.73. The number of rotatable bonds is 2. The highest BCUT2D eigenvalue weighted by atomic mass is 35.5. The number of aromatic hydroxyl groups is 2. The maximum absolute atomic E-state index is 10.1. The second-order valence-corrected chi connectivity index (χ2v) is 5.14. The number of benzene rings is 2. The third-order valence-electron chi connectivity index (χ3n) is 3.67. The van der Waals surface area contributed by atoms with Crippen molar-refractivity contribution in [2.75, 3.05) is 0 Å². The first kappa shape index (κ1) is 11.4. The average molecular weight is 261 g/mol. The van der Waals surface area contributed by atoms with Gasteiger partial charge in [-0.2, -0.15) is 0 Å². The summed E-state index contributed by atoms with van der Waals surface area (Å²) >= 11 is 5.96. The summed E-state index contributed by atoms with van der Waals surface area (Å²) in [6.45, 7) is 0. The molecule has 1 aliphatic rings. The van der Waals surface area contributed by atoms with Gasteiger partial charge in [-0.1, -0.05) is 41.9 Å². The van der Waals surface area contributed by atoms with Crippen LogP contribution in [0.2, 0.25) is 5.02 Å². The maximum Gasteiger partial charge on any atom is 0.138 e. The van der Waals surface area contributed by atoms with E-state index in [4.69, 9.17) is 11.6 Å². The van der Waals surface area contributed by atoms with Gasteiger partial charge in [0.1, 0.15) is 11.5 Å². The van der Waals surface area contributed by atoms with Gasteiger partial charge in [0.25, 0.3) is 0 Å². The van der Waals surface area contributed by atoms with Gasteiger partial charge in [0, 0.05) is 16.5 Å². The molecule has 0 bridgehead atoms. The third-order valence-corrected chi connectivity index (χ3v) is 3.98. The van der Waals surface area contributed by atoms with E-state index in [0.717, 1.165) is 24.0 Å². The molecule has 2 aromatic carbocycles. The lowest BCUT2D eigenvalue weighted by Crippen LogP contribution is -2.09. The van der Waals surface area contributed by atoms with Crippen LogP contribution in [0.5, 0.6) is 11.5 Å². The largest absolute Gasteiger partial charge is 0.508 e. The quantitative estimate of drug-likeness (QED) is 0.862. The van der Waals surface area contributed by atoms with Crippen LogP contribution in [0.15, 0.2) is 42.5 Å². The molecule has 2 aromatic rings. The Morgan fingerprint density at radius 1 is 0.889 bits per heavy atom. The van der Waals surface area contributed by atoms with E-state index in [-0.39, 0.29) is 16.9 Å². The Kier molecular flexibility index (Phi) is 2.49. The second-order valence-electron chi connectivity index (χ2n) is 4.74. The Hall–Kier alpha value is -1.67. The minimum atomic E-state index is -0.277. The summed E-state index contributed by atoms with van der Waals surface area (Å²) in [7, 11) is 0.